The van der Waals surface area contributed by atoms with Crippen molar-refractivity contribution in [3.63, 3.8) is 0 Å². The first-order chi connectivity index (χ1) is 3.46. The molecule has 0 aliphatic carbocycles. The van der Waals surface area contributed by atoms with Gasteiger partial charge in [-0.3, -0.25) is 0 Å². The van der Waals surface area contributed by atoms with Gasteiger partial charge in [-0.15, -0.1) is 0 Å². The fraction of sp³-hybridized carbons (Fsp3) is 0. The Morgan fingerprint density at radius 2 is 1.00 bits per heavy atom. The Morgan fingerprint density at radius 1 is 1.00 bits per heavy atom. The summed E-state index contributed by atoms with van der Waals surface area (Å²) in [5, 5.41) is 21.5. The van der Waals surface area contributed by atoms with E-state index in [2.05, 4.69) is 42.3 Å². The minimum atomic E-state index is -2.17. The second-order valence-corrected chi connectivity index (χ2v) is 17.2. The molecule has 0 rings (SSSR count). The van der Waals surface area contributed by atoms with Gasteiger partial charge in [0.15, 0.2) is 0 Å². The van der Waals surface area contributed by atoms with Gasteiger partial charge >= 0.3 is 58.1 Å². The van der Waals surface area contributed by atoms with Crippen molar-refractivity contribution in [2.24, 2.45) is 0 Å². The molecule has 0 fully saturated rings. The summed E-state index contributed by atoms with van der Waals surface area (Å²) in [6.07, 6.45) is 0. The van der Waals surface area contributed by atoms with Crippen molar-refractivity contribution in [3.05, 3.63) is 0 Å². The number of hydrogen-bond donors (Lipinski definition) is 3. The Morgan fingerprint density at radius 3 is 1.00 bits per heavy atom. The molecule has 0 saturated carbocycles. The summed E-state index contributed by atoms with van der Waals surface area (Å²) in [6.45, 7) is 0. The molecule has 0 aromatic rings. The summed E-state index contributed by atoms with van der Waals surface area (Å²) < 4.78 is 0. The second-order valence-electron chi connectivity index (χ2n) is 0.498. The van der Waals surface area contributed by atoms with E-state index < -0.39 is 7.32 Å². The third-order valence-corrected chi connectivity index (χ3v) is 0. The molecule has 0 saturated heterocycles. The van der Waals surface area contributed by atoms with Crippen LogP contribution in [0.2, 0.25) is 0 Å². The predicted molar refractivity (Wildman–Crippen MR) is 39.2 cm³/mol. The summed E-state index contributed by atoms with van der Waals surface area (Å²) in [5.41, 5.74) is 0. The van der Waals surface area contributed by atoms with Gasteiger partial charge in [0.2, 0.25) is 0 Å². The standard InChI is InChI=1S/BH3O3.3BrH.Fe/c2-1(3)4;;;;/h2-4H;3*1H;/q;;;;+3/p-3. The van der Waals surface area contributed by atoms with Crippen LogP contribution in [-0.4, -0.2) is 22.4 Å². The topological polar surface area (TPSA) is 60.7 Å². The number of hydrogen-bond acceptors (Lipinski definition) is 3. The van der Waals surface area contributed by atoms with Crippen LogP contribution in [0.25, 0.3) is 0 Å². The van der Waals surface area contributed by atoms with Crippen molar-refractivity contribution in [1.82, 2.24) is 0 Å². The van der Waals surface area contributed by atoms with Gasteiger partial charge < -0.3 is 15.1 Å². The van der Waals surface area contributed by atoms with E-state index in [0.29, 0.717) is 0 Å². The molecule has 8 heavy (non-hydrogen) atoms. The second kappa shape index (κ2) is 8.90. The molecule has 0 atom stereocenters. The molecule has 8 heteroatoms. The molecule has 0 unspecified atom stereocenters. The van der Waals surface area contributed by atoms with Gasteiger partial charge in [-0.05, 0) is 0 Å². The van der Waals surface area contributed by atoms with Crippen LogP contribution in [0.3, 0.4) is 0 Å². The van der Waals surface area contributed by atoms with Crippen molar-refractivity contribution in [2.75, 3.05) is 0 Å². The Labute approximate surface area is 72.6 Å². The van der Waals surface area contributed by atoms with Crippen LogP contribution in [0.1, 0.15) is 0 Å². The average Bonchev–Trinajstić information content (AvgIpc) is 1.25. The monoisotopic (exact) mass is 355 g/mol. The molecule has 0 bridgehead atoms. The molecule has 0 spiro atoms. The molecule has 0 amide bonds. The summed E-state index contributed by atoms with van der Waals surface area (Å²) in [4.78, 5) is 0. The van der Waals surface area contributed by atoms with Crippen molar-refractivity contribution in [1.29, 1.82) is 0 Å². The summed E-state index contributed by atoms with van der Waals surface area (Å²) in [6, 6.07) is 0. The zero-order valence-electron chi connectivity index (χ0n) is 3.41. The van der Waals surface area contributed by atoms with E-state index in [4.69, 9.17) is 15.1 Å². The first-order valence-corrected chi connectivity index (χ1v) is 9.36. The van der Waals surface area contributed by atoms with Crippen LogP contribution in [0, 0.1) is 0 Å². The van der Waals surface area contributed by atoms with Crippen LogP contribution >= 0.6 is 42.3 Å². The van der Waals surface area contributed by atoms with Crippen LogP contribution in [0.4, 0.5) is 0 Å². The van der Waals surface area contributed by atoms with Crippen LogP contribution in [-0.2, 0) is 8.48 Å². The van der Waals surface area contributed by atoms with Crippen molar-refractivity contribution in [2.45, 2.75) is 0 Å². The van der Waals surface area contributed by atoms with Crippen molar-refractivity contribution in [3.8, 4) is 0 Å². The molecular formula is H3BBr3FeO3. The fourth-order valence-electron chi connectivity index (χ4n) is 0. The predicted octanol–water partition coefficient (Wildman–Crippen LogP) is 0.482. The van der Waals surface area contributed by atoms with Crippen LogP contribution in [0.5, 0.6) is 0 Å². The summed E-state index contributed by atoms with van der Waals surface area (Å²) in [7, 11) is -2.48. The third kappa shape index (κ3) is 104. The maximum absolute atomic E-state index is 7.17. The summed E-state index contributed by atoms with van der Waals surface area (Å²) in [5.74, 6) is 0. The molecular weight excluding hydrogens is 354 g/mol. The Hall–Kier alpha value is 1.90. The first-order valence-electron chi connectivity index (χ1n) is 1.18. The average molecular weight is 357 g/mol. The molecule has 0 heterocycles. The van der Waals surface area contributed by atoms with Gasteiger partial charge in [0.25, 0.3) is 0 Å². The van der Waals surface area contributed by atoms with Gasteiger partial charge in [0.1, 0.15) is 0 Å². The molecule has 3 nitrogen and oxygen atoms in total. The van der Waals surface area contributed by atoms with Gasteiger partial charge in [-0.25, -0.2) is 0 Å². The summed E-state index contributed by atoms with van der Waals surface area (Å²) >= 11 is 9.56. The molecule has 53 valence electrons. The van der Waals surface area contributed by atoms with E-state index in [1.54, 1.807) is 0 Å². The Kier molecular flexibility index (Phi) is 14.0. The van der Waals surface area contributed by atoms with Gasteiger partial charge in [0, 0.05) is 0 Å². The fourth-order valence-corrected chi connectivity index (χ4v) is 0. The van der Waals surface area contributed by atoms with E-state index in [1.165, 1.54) is 0 Å². The zero-order chi connectivity index (χ0) is 7.15. The third-order valence-electron chi connectivity index (χ3n) is 0. The minimum absolute atomic E-state index is 0.312. The Bertz CT molecular complexity index is 30.0. The van der Waals surface area contributed by atoms with Gasteiger partial charge in [0.05, 0.1) is 0 Å². The normalized spacial score (nSPS) is 9.00. The molecule has 0 aromatic carbocycles. The van der Waals surface area contributed by atoms with E-state index in [9.17, 15) is 0 Å². The first kappa shape index (κ1) is 12.6. The molecule has 0 aliphatic rings. The number of halogens is 3. The Balaban J connectivity index is 0. The number of rotatable bonds is 0. The molecule has 3 N–H and O–H groups in total. The van der Waals surface area contributed by atoms with E-state index >= 15 is 0 Å². The SMILES string of the molecule is OB(O)O.[Br][Fe]([Br])[Br]. The molecule has 0 aliphatic heterocycles. The van der Waals surface area contributed by atoms with Crippen molar-refractivity contribution >= 4 is 49.7 Å². The van der Waals surface area contributed by atoms with Gasteiger partial charge in [-0.2, -0.15) is 0 Å². The quantitative estimate of drug-likeness (QED) is 0.553. The van der Waals surface area contributed by atoms with E-state index in [1.807, 2.05) is 0 Å². The maximum atomic E-state index is 7.17. The molecule has 0 aromatic heterocycles. The van der Waals surface area contributed by atoms with Gasteiger partial charge in [-0.1, -0.05) is 0 Å². The van der Waals surface area contributed by atoms with Crippen LogP contribution < -0.4 is 0 Å². The molecule has 0 radical (unpaired) electrons. The van der Waals surface area contributed by atoms with E-state index in [-0.39, 0.29) is 8.48 Å². The van der Waals surface area contributed by atoms with Crippen molar-refractivity contribution < 1.29 is 23.5 Å². The van der Waals surface area contributed by atoms with Crippen LogP contribution in [0.15, 0.2) is 0 Å². The zero-order valence-corrected chi connectivity index (χ0v) is 9.27. The van der Waals surface area contributed by atoms with E-state index in [0.717, 1.165) is 0 Å².